The molecule has 7 nitrogen and oxygen atoms in total. The molecule has 26 heavy (non-hydrogen) atoms. The van der Waals surface area contributed by atoms with Gasteiger partial charge in [0.1, 0.15) is 0 Å². The summed E-state index contributed by atoms with van der Waals surface area (Å²) in [6.07, 6.45) is 0. The minimum atomic E-state index is -0.456. The lowest BCUT2D eigenvalue weighted by Gasteiger charge is -2.36. The Hall–Kier alpha value is -2.80. The van der Waals surface area contributed by atoms with Gasteiger partial charge in [-0.3, -0.25) is 14.9 Å². The van der Waals surface area contributed by atoms with Crippen molar-refractivity contribution in [3.05, 3.63) is 63.7 Å². The molecule has 8 heteroatoms. The highest BCUT2D eigenvalue weighted by atomic mass is 35.5. The Labute approximate surface area is 156 Å². The number of non-ortho nitro benzene ring substituents is 1. The van der Waals surface area contributed by atoms with E-state index in [1.165, 1.54) is 12.1 Å². The SMILES string of the molecule is O=C(CNc1cccc([N+](=O)[O-])c1)N1CCN(c2cccc(Cl)c2)CC1. The summed E-state index contributed by atoms with van der Waals surface area (Å²) in [6.45, 7) is 2.84. The maximum absolute atomic E-state index is 12.4. The van der Waals surface area contributed by atoms with Crippen LogP contribution in [0.25, 0.3) is 0 Å². The molecule has 1 heterocycles. The van der Waals surface area contributed by atoms with Gasteiger partial charge in [-0.2, -0.15) is 0 Å². The molecule has 0 spiro atoms. The van der Waals surface area contributed by atoms with Gasteiger partial charge in [-0.25, -0.2) is 0 Å². The van der Waals surface area contributed by atoms with E-state index in [4.69, 9.17) is 11.6 Å². The van der Waals surface area contributed by atoms with Crippen molar-refractivity contribution in [2.45, 2.75) is 0 Å². The van der Waals surface area contributed by atoms with Crippen LogP contribution in [0, 0.1) is 10.1 Å². The van der Waals surface area contributed by atoms with Crippen LogP contribution in [-0.4, -0.2) is 48.5 Å². The Morgan fingerprint density at radius 3 is 2.54 bits per heavy atom. The van der Waals surface area contributed by atoms with Crippen molar-refractivity contribution in [3.8, 4) is 0 Å². The second-order valence-electron chi connectivity index (χ2n) is 6.01. The van der Waals surface area contributed by atoms with Crippen molar-refractivity contribution in [2.24, 2.45) is 0 Å². The van der Waals surface area contributed by atoms with Gasteiger partial charge in [-0.15, -0.1) is 0 Å². The van der Waals surface area contributed by atoms with Crippen LogP contribution >= 0.6 is 11.6 Å². The van der Waals surface area contributed by atoms with E-state index < -0.39 is 4.92 Å². The topological polar surface area (TPSA) is 78.7 Å². The number of benzene rings is 2. The molecule has 0 aromatic heterocycles. The zero-order valence-electron chi connectivity index (χ0n) is 14.1. The fourth-order valence-electron chi connectivity index (χ4n) is 2.91. The van der Waals surface area contributed by atoms with E-state index in [-0.39, 0.29) is 18.1 Å². The first-order valence-electron chi connectivity index (χ1n) is 8.29. The predicted molar refractivity (Wildman–Crippen MR) is 102 cm³/mol. The molecule has 1 N–H and O–H groups in total. The Balaban J connectivity index is 1.51. The van der Waals surface area contributed by atoms with Gasteiger partial charge in [0.15, 0.2) is 0 Å². The molecule has 1 aliphatic rings. The summed E-state index contributed by atoms with van der Waals surface area (Å²) in [5, 5.41) is 14.5. The molecule has 0 atom stereocenters. The number of halogens is 1. The molecule has 0 radical (unpaired) electrons. The fourth-order valence-corrected chi connectivity index (χ4v) is 3.09. The minimum absolute atomic E-state index is 0.00224. The lowest BCUT2D eigenvalue weighted by molar-refractivity contribution is -0.384. The summed E-state index contributed by atoms with van der Waals surface area (Å²) in [7, 11) is 0. The van der Waals surface area contributed by atoms with E-state index in [9.17, 15) is 14.9 Å². The van der Waals surface area contributed by atoms with E-state index in [1.54, 1.807) is 17.0 Å². The Kier molecular flexibility index (Phi) is 5.58. The first kappa shape index (κ1) is 18.0. The van der Waals surface area contributed by atoms with E-state index in [1.807, 2.05) is 24.3 Å². The highest BCUT2D eigenvalue weighted by Crippen LogP contribution is 2.21. The van der Waals surface area contributed by atoms with E-state index in [2.05, 4.69) is 10.2 Å². The fraction of sp³-hybridized carbons (Fsp3) is 0.278. The molecule has 1 aliphatic heterocycles. The average Bonchev–Trinajstić information content (AvgIpc) is 2.66. The van der Waals surface area contributed by atoms with Crippen molar-refractivity contribution in [2.75, 3.05) is 42.9 Å². The molecule has 2 aromatic rings. The second-order valence-corrected chi connectivity index (χ2v) is 6.45. The first-order valence-corrected chi connectivity index (χ1v) is 8.67. The lowest BCUT2D eigenvalue weighted by Crippen LogP contribution is -2.50. The first-order chi connectivity index (χ1) is 12.5. The van der Waals surface area contributed by atoms with Crippen LogP contribution in [0.4, 0.5) is 17.1 Å². The number of carbonyl (C=O) groups excluding carboxylic acids is 1. The van der Waals surface area contributed by atoms with Gasteiger partial charge in [0.05, 0.1) is 11.5 Å². The van der Waals surface area contributed by atoms with Crippen molar-refractivity contribution in [1.82, 2.24) is 4.90 Å². The third-order valence-electron chi connectivity index (χ3n) is 4.31. The summed E-state index contributed by atoms with van der Waals surface area (Å²) in [5.41, 5.74) is 1.61. The van der Waals surface area contributed by atoms with Crippen molar-refractivity contribution in [3.63, 3.8) is 0 Å². The molecular formula is C18H19ClN4O3. The van der Waals surface area contributed by atoms with Crippen molar-refractivity contribution >= 4 is 34.6 Å². The predicted octanol–water partition coefficient (Wildman–Crippen LogP) is 3.01. The van der Waals surface area contributed by atoms with Gasteiger partial charge in [0.25, 0.3) is 5.69 Å². The van der Waals surface area contributed by atoms with Crippen LogP contribution < -0.4 is 10.2 Å². The summed E-state index contributed by atoms with van der Waals surface area (Å²) >= 11 is 6.03. The third kappa shape index (κ3) is 4.43. The van der Waals surface area contributed by atoms with Gasteiger partial charge in [0.2, 0.25) is 5.91 Å². The van der Waals surface area contributed by atoms with Crippen LogP contribution in [0.2, 0.25) is 5.02 Å². The smallest absolute Gasteiger partial charge is 0.271 e. The number of carbonyl (C=O) groups is 1. The molecule has 0 saturated carbocycles. The van der Waals surface area contributed by atoms with Crippen LogP contribution in [0.15, 0.2) is 48.5 Å². The molecule has 0 unspecified atom stereocenters. The number of rotatable bonds is 5. The average molecular weight is 375 g/mol. The number of nitro benzene ring substituents is 1. The van der Waals surface area contributed by atoms with Gasteiger partial charge in [0, 0.05) is 54.7 Å². The summed E-state index contributed by atoms with van der Waals surface area (Å²) < 4.78 is 0. The highest BCUT2D eigenvalue weighted by molar-refractivity contribution is 6.30. The maximum atomic E-state index is 12.4. The Morgan fingerprint density at radius 2 is 1.85 bits per heavy atom. The number of amides is 1. The van der Waals surface area contributed by atoms with Crippen molar-refractivity contribution < 1.29 is 9.72 Å². The van der Waals surface area contributed by atoms with Crippen LogP contribution in [-0.2, 0) is 4.79 Å². The monoisotopic (exact) mass is 374 g/mol. The van der Waals surface area contributed by atoms with Crippen LogP contribution in [0.1, 0.15) is 0 Å². The largest absolute Gasteiger partial charge is 0.376 e. The van der Waals surface area contributed by atoms with Crippen LogP contribution in [0.5, 0.6) is 0 Å². The normalized spacial score (nSPS) is 14.2. The summed E-state index contributed by atoms with van der Waals surface area (Å²) in [4.78, 5) is 26.7. The van der Waals surface area contributed by atoms with Gasteiger partial charge < -0.3 is 15.1 Å². The van der Waals surface area contributed by atoms with Crippen molar-refractivity contribution in [1.29, 1.82) is 0 Å². The third-order valence-corrected chi connectivity index (χ3v) is 4.54. The number of anilines is 2. The zero-order chi connectivity index (χ0) is 18.5. The quantitative estimate of drug-likeness (QED) is 0.643. The minimum Gasteiger partial charge on any atom is -0.376 e. The molecule has 136 valence electrons. The Bertz CT molecular complexity index is 807. The number of nitrogens with one attached hydrogen (secondary N) is 1. The standard InChI is InChI=1S/C18H19ClN4O3/c19-14-3-1-5-16(11-14)21-7-9-22(10-8-21)18(24)13-20-15-4-2-6-17(12-15)23(25)26/h1-6,11-12,20H,7-10,13H2. The Morgan fingerprint density at radius 1 is 1.12 bits per heavy atom. The van der Waals surface area contributed by atoms with Gasteiger partial charge in [-0.05, 0) is 24.3 Å². The molecular weight excluding hydrogens is 356 g/mol. The lowest BCUT2D eigenvalue weighted by atomic mass is 10.2. The summed E-state index contributed by atoms with van der Waals surface area (Å²) in [5.74, 6) is -0.0257. The molecule has 0 aliphatic carbocycles. The van der Waals surface area contributed by atoms with E-state index in [0.29, 0.717) is 23.8 Å². The molecule has 2 aromatic carbocycles. The molecule has 1 fully saturated rings. The molecule has 1 saturated heterocycles. The maximum Gasteiger partial charge on any atom is 0.271 e. The number of piperazine rings is 1. The van der Waals surface area contributed by atoms with Crippen LogP contribution in [0.3, 0.4) is 0 Å². The highest BCUT2D eigenvalue weighted by Gasteiger charge is 2.21. The number of hydrogen-bond donors (Lipinski definition) is 1. The summed E-state index contributed by atoms with van der Waals surface area (Å²) in [6, 6.07) is 13.8. The zero-order valence-corrected chi connectivity index (χ0v) is 14.9. The molecule has 0 bridgehead atoms. The molecule has 1 amide bonds. The number of nitro groups is 1. The van der Waals surface area contributed by atoms with E-state index >= 15 is 0 Å². The second kappa shape index (κ2) is 8.05. The van der Waals surface area contributed by atoms with Gasteiger partial charge >= 0.3 is 0 Å². The molecule has 3 rings (SSSR count). The number of hydrogen-bond acceptors (Lipinski definition) is 5. The van der Waals surface area contributed by atoms with E-state index in [0.717, 1.165) is 18.8 Å². The van der Waals surface area contributed by atoms with Gasteiger partial charge in [-0.1, -0.05) is 23.7 Å². The number of nitrogens with zero attached hydrogens (tertiary/aromatic N) is 3.